The molecule has 23 heavy (non-hydrogen) atoms. The average molecular weight is 316 g/mol. The molecular weight excluding hydrogens is 288 g/mol. The van der Waals surface area contributed by atoms with E-state index in [0.29, 0.717) is 19.4 Å². The van der Waals surface area contributed by atoms with E-state index in [9.17, 15) is 10.2 Å². The molecule has 0 aromatic rings. The van der Waals surface area contributed by atoms with Crippen molar-refractivity contribution < 1.29 is 10.2 Å². The van der Waals surface area contributed by atoms with Crippen molar-refractivity contribution >= 4 is 5.84 Å². The van der Waals surface area contributed by atoms with Gasteiger partial charge in [0.15, 0.2) is 0 Å². The van der Waals surface area contributed by atoms with E-state index in [4.69, 9.17) is 0 Å². The molecule has 0 saturated heterocycles. The lowest BCUT2D eigenvalue weighted by atomic mass is 10.1. The van der Waals surface area contributed by atoms with Crippen LogP contribution in [0.1, 0.15) is 33.6 Å². The second-order valence-corrected chi connectivity index (χ2v) is 5.52. The molecule has 1 rings (SSSR count). The highest BCUT2D eigenvalue weighted by atomic mass is 16.3. The maximum absolute atomic E-state index is 10.0. The Hall–Kier alpha value is -2.07. The van der Waals surface area contributed by atoms with E-state index in [1.54, 1.807) is 12.3 Å². The molecule has 0 bridgehead atoms. The minimum absolute atomic E-state index is 0.0718. The van der Waals surface area contributed by atoms with E-state index in [-0.39, 0.29) is 11.7 Å². The Labute approximate surface area is 139 Å². The molecular formula is C19H28N2O2. The Bertz CT molecular complexity index is 542. The predicted octanol–water partition coefficient (Wildman–Crippen LogP) is 4.10. The summed E-state index contributed by atoms with van der Waals surface area (Å²) < 4.78 is 0. The molecule has 0 aliphatic carbocycles. The monoisotopic (exact) mass is 316 g/mol. The standard InChI is InChI=1S/C19H28N2O2/c1-5-7-8-9-10-15(3)11-13-20-16(4)21-14-12-18(22)19(23)17(21)6-2/h5,7-11,13,15,18,22-23H,1,6,12,14H2,2-4H3/b8-7-,10-9+,13-11-,20-16?. The van der Waals surface area contributed by atoms with Crippen LogP contribution in [0.5, 0.6) is 0 Å². The van der Waals surface area contributed by atoms with E-state index < -0.39 is 6.10 Å². The first-order valence-electron chi connectivity index (χ1n) is 8.05. The Morgan fingerprint density at radius 2 is 2.13 bits per heavy atom. The fourth-order valence-electron chi connectivity index (χ4n) is 2.39. The lowest BCUT2D eigenvalue weighted by Crippen LogP contribution is -2.37. The third-order valence-corrected chi connectivity index (χ3v) is 3.71. The zero-order valence-corrected chi connectivity index (χ0v) is 14.3. The minimum Gasteiger partial charge on any atom is -0.508 e. The van der Waals surface area contributed by atoms with Crippen molar-refractivity contribution in [1.29, 1.82) is 0 Å². The number of rotatable bonds is 6. The van der Waals surface area contributed by atoms with Gasteiger partial charge in [-0.3, -0.25) is 0 Å². The number of hydrogen-bond acceptors (Lipinski definition) is 3. The number of aliphatic imine (C=N–C) groups is 1. The summed E-state index contributed by atoms with van der Waals surface area (Å²) in [7, 11) is 0. The van der Waals surface area contributed by atoms with Crippen LogP contribution >= 0.6 is 0 Å². The Kier molecular flexibility index (Phi) is 8.13. The number of nitrogens with zero attached hydrogens (tertiary/aromatic N) is 2. The molecule has 126 valence electrons. The Balaban J connectivity index is 2.73. The molecule has 0 amide bonds. The fraction of sp³-hybridized carbons (Fsp3) is 0.421. The van der Waals surface area contributed by atoms with Gasteiger partial charge in [-0.15, -0.1) is 0 Å². The summed E-state index contributed by atoms with van der Waals surface area (Å²) >= 11 is 0. The van der Waals surface area contributed by atoms with Gasteiger partial charge < -0.3 is 15.1 Å². The zero-order valence-electron chi connectivity index (χ0n) is 14.3. The first kappa shape index (κ1) is 19.0. The number of hydrogen-bond donors (Lipinski definition) is 2. The van der Waals surface area contributed by atoms with Crippen LogP contribution in [0.4, 0.5) is 0 Å². The summed E-state index contributed by atoms with van der Waals surface area (Å²) in [5.41, 5.74) is 0.751. The Morgan fingerprint density at radius 1 is 1.39 bits per heavy atom. The number of aliphatic hydroxyl groups excluding tert-OH is 2. The van der Waals surface area contributed by atoms with Gasteiger partial charge in [0.25, 0.3) is 0 Å². The van der Waals surface area contributed by atoms with Crippen LogP contribution in [-0.2, 0) is 0 Å². The highest BCUT2D eigenvalue weighted by molar-refractivity contribution is 5.82. The third-order valence-electron chi connectivity index (χ3n) is 3.71. The van der Waals surface area contributed by atoms with Crippen LogP contribution in [-0.4, -0.2) is 33.6 Å². The molecule has 1 aliphatic rings. The summed E-state index contributed by atoms with van der Waals surface area (Å²) in [5.74, 6) is 1.17. The van der Waals surface area contributed by atoms with Crippen LogP contribution in [0.2, 0.25) is 0 Å². The SMILES string of the molecule is C=C/C=C\C=C\C(C)/C=C\N=C(C)N1CCC(O)C(O)=C1CC. The summed E-state index contributed by atoms with van der Waals surface area (Å²) in [4.78, 5) is 6.43. The lowest BCUT2D eigenvalue weighted by Gasteiger charge is -2.33. The van der Waals surface area contributed by atoms with E-state index >= 15 is 0 Å². The van der Waals surface area contributed by atoms with E-state index in [1.165, 1.54) is 0 Å². The first-order chi connectivity index (χ1) is 11.0. The van der Waals surface area contributed by atoms with Crippen molar-refractivity contribution in [2.75, 3.05) is 6.54 Å². The van der Waals surface area contributed by atoms with E-state index in [2.05, 4.69) is 24.6 Å². The normalized spacial score (nSPS) is 21.8. The molecule has 4 heteroatoms. The summed E-state index contributed by atoms with van der Waals surface area (Å²) in [6.45, 7) is 10.2. The highest BCUT2D eigenvalue weighted by Gasteiger charge is 2.26. The molecule has 0 aromatic carbocycles. The molecule has 4 nitrogen and oxygen atoms in total. The van der Waals surface area contributed by atoms with Crippen molar-refractivity contribution in [3.05, 3.63) is 60.7 Å². The molecule has 2 unspecified atom stereocenters. The number of allylic oxidation sites excluding steroid dienone is 7. The second kappa shape index (κ2) is 9.85. The quantitative estimate of drug-likeness (QED) is 0.441. The van der Waals surface area contributed by atoms with Gasteiger partial charge in [0.1, 0.15) is 17.7 Å². The molecule has 2 N–H and O–H groups in total. The van der Waals surface area contributed by atoms with Crippen LogP contribution in [0.15, 0.2) is 65.7 Å². The summed E-state index contributed by atoms with van der Waals surface area (Å²) in [6, 6.07) is 0. The van der Waals surface area contributed by atoms with Crippen LogP contribution < -0.4 is 0 Å². The first-order valence-corrected chi connectivity index (χ1v) is 8.05. The maximum atomic E-state index is 10.0. The minimum atomic E-state index is -0.752. The molecule has 0 fully saturated rings. The molecule has 0 radical (unpaired) electrons. The molecule has 2 atom stereocenters. The highest BCUT2D eigenvalue weighted by Crippen LogP contribution is 2.23. The van der Waals surface area contributed by atoms with Crippen molar-refractivity contribution in [2.24, 2.45) is 10.9 Å². The van der Waals surface area contributed by atoms with Gasteiger partial charge in [-0.05, 0) is 25.7 Å². The average Bonchev–Trinajstić information content (AvgIpc) is 2.53. The van der Waals surface area contributed by atoms with Crippen molar-refractivity contribution in [3.8, 4) is 0 Å². The van der Waals surface area contributed by atoms with Crippen molar-refractivity contribution in [2.45, 2.75) is 39.7 Å². The smallest absolute Gasteiger partial charge is 0.140 e. The van der Waals surface area contributed by atoms with Gasteiger partial charge in [-0.1, -0.05) is 56.9 Å². The third kappa shape index (κ3) is 5.91. The van der Waals surface area contributed by atoms with Crippen LogP contribution in [0.3, 0.4) is 0 Å². The fourth-order valence-corrected chi connectivity index (χ4v) is 2.39. The molecule has 0 aromatic heterocycles. The topological polar surface area (TPSA) is 56.1 Å². The number of aliphatic hydroxyl groups is 2. The van der Waals surface area contributed by atoms with Gasteiger partial charge in [0.2, 0.25) is 0 Å². The largest absolute Gasteiger partial charge is 0.508 e. The Morgan fingerprint density at radius 3 is 2.78 bits per heavy atom. The van der Waals surface area contributed by atoms with Gasteiger partial charge in [0, 0.05) is 12.7 Å². The molecule has 1 heterocycles. The molecule has 1 aliphatic heterocycles. The number of amidine groups is 1. The lowest BCUT2D eigenvalue weighted by molar-refractivity contribution is 0.115. The van der Waals surface area contributed by atoms with E-state index in [1.807, 2.05) is 43.1 Å². The second-order valence-electron chi connectivity index (χ2n) is 5.52. The summed E-state index contributed by atoms with van der Waals surface area (Å²) in [6.07, 6.45) is 13.8. The molecule has 0 spiro atoms. The summed E-state index contributed by atoms with van der Waals surface area (Å²) in [5, 5.41) is 19.7. The van der Waals surface area contributed by atoms with Crippen LogP contribution in [0.25, 0.3) is 0 Å². The van der Waals surface area contributed by atoms with Crippen molar-refractivity contribution in [1.82, 2.24) is 4.90 Å². The maximum Gasteiger partial charge on any atom is 0.140 e. The van der Waals surface area contributed by atoms with Gasteiger partial charge in [-0.25, -0.2) is 4.99 Å². The van der Waals surface area contributed by atoms with Gasteiger partial charge in [0.05, 0.1) is 5.70 Å². The molecule has 0 saturated carbocycles. The van der Waals surface area contributed by atoms with Crippen LogP contribution in [0, 0.1) is 5.92 Å². The van der Waals surface area contributed by atoms with Crippen molar-refractivity contribution in [3.63, 3.8) is 0 Å². The van der Waals surface area contributed by atoms with Gasteiger partial charge >= 0.3 is 0 Å². The zero-order chi connectivity index (χ0) is 17.2. The van der Waals surface area contributed by atoms with Gasteiger partial charge in [-0.2, -0.15) is 0 Å². The van der Waals surface area contributed by atoms with E-state index in [0.717, 1.165) is 11.5 Å². The predicted molar refractivity (Wildman–Crippen MR) is 97.2 cm³/mol.